The molecule has 5 atom stereocenters. The second-order valence-electron chi connectivity index (χ2n) is 10.2. The summed E-state index contributed by atoms with van der Waals surface area (Å²) in [6.45, 7) is 0.686. The van der Waals surface area contributed by atoms with Crippen LogP contribution in [-0.4, -0.2) is 35.8 Å². The van der Waals surface area contributed by atoms with E-state index in [9.17, 15) is 0 Å². The zero-order chi connectivity index (χ0) is 22.9. The van der Waals surface area contributed by atoms with E-state index in [-0.39, 0.29) is 0 Å². The minimum absolute atomic E-state index is 0.296. The average molecular weight is 451 g/mol. The van der Waals surface area contributed by atoms with Gasteiger partial charge in [0.05, 0.1) is 19.7 Å². The number of hydrogen-bond acceptors (Lipinski definition) is 3. The molecule has 4 heterocycles. The fraction of sp³-hybridized carbons (Fsp3) is 0.387. The minimum Gasteiger partial charge on any atom is -0.496 e. The summed E-state index contributed by atoms with van der Waals surface area (Å²) in [7, 11) is 1.76. The number of hydrogen-bond donors (Lipinski definition) is 0. The van der Waals surface area contributed by atoms with Gasteiger partial charge < -0.3 is 4.74 Å². The van der Waals surface area contributed by atoms with Gasteiger partial charge in [0.2, 0.25) is 0 Å². The van der Waals surface area contributed by atoms with Crippen molar-refractivity contribution < 1.29 is 4.74 Å². The van der Waals surface area contributed by atoms with Crippen LogP contribution >= 0.6 is 0 Å². The van der Waals surface area contributed by atoms with E-state index in [0.717, 1.165) is 5.75 Å². The molecule has 0 amide bonds. The van der Waals surface area contributed by atoms with Gasteiger partial charge in [-0.1, -0.05) is 85.3 Å². The third-order valence-electron chi connectivity index (χ3n) is 8.33. The number of methoxy groups -OCH3 is 1. The maximum Gasteiger partial charge on any atom is 0.123 e. The summed E-state index contributed by atoms with van der Waals surface area (Å²) in [5.74, 6) is 1.82. The number of benzene rings is 3. The molecule has 0 aliphatic carbocycles. The molecule has 0 aromatic heterocycles. The molecule has 0 N–H and O–H groups in total. The van der Waals surface area contributed by atoms with Crippen molar-refractivity contribution >= 4 is 5.71 Å². The monoisotopic (exact) mass is 450 g/mol. The van der Waals surface area contributed by atoms with Crippen molar-refractivity contribution in [2.24, 2.45) is 10.9 Å². The largest absolute Gasteiger partial charge is 0.496 e. The number of ether oxygens (including phenoxy) is 1. The number of piperidine rings is 4. The Morgan fingerprint density at radius 2 is 1.41 bits per heavy atom. The van der Waals surface area contributed by atoms with E-state index < -0.39 is 0 Å². The summed E-state index contributed by atoms with van der Waals surface area (Å²) in [5, 5.41) is 0. The number of nitrogens with zero attached hydrogens (tertiary/aromatic N) is 2. The van der Waals surface area contributed by atoms with Gasteiger partial charge in [-0.2, -0.15) is 0 Å². The zero-order valence-corrected chi connectivity index (χ0v) is 20.0. The molecular formula is C31H34N2O. The van der Waals surface area contributed by atoms with Crippen LogP contribution in [0, 0.1) is 5.92 Å². The molecule has 0 radical (unpaired) electrons. The first-order valence-corrected chi connectivity index (χ1v) is 12.9. The summed E-state index contributed by atoms with van der Waals surface area (Å²) in [6.07, 6.45) is 6.58. The number of fused-ring (bicyclic) bond motifs is 1. The van der Waals surface area contributed by atoms with E-state index in [1.807, 2.05) is 12.1 Å². The molecule has 3 aromatic carbocycles. The summed E-state index contributed by atoms with van der Waals surface area (Å²) in [6, 6.07) is 32.3. The smallest absolute Gasteiger partial charge is 0.123 e. The number of para-hydroxylation sites is 1. The molecule has 34 heavy (non-hydrogen) atoms. The quantitative estimate of drug-likeness (QED) is 0.429. The van der Waals surface area contributed by atoms with Crippen LogP contribution in [0.15, 0.2) is 89.9 Å². The number of rotatable bonds is 6. The first-order chi connectivity index (χ1) is 16.8. The van der Waals surface area contributed by atoms with E-state index in [1.54, 1.807) is 7.11 Å². The van der Waals surface area contributed by atoms with Gasteiger partial charge in [-0.25, -0.2) is 0 Å². The topological polar surface area (TPSA) is 24.8 Å². The molecule has 4 saturated heterocycles. The molecule has 4 aliphatic heterocycles. The van der Waals surface area contributed by atoms with Gasteiger partial charge in [-0.05, 0) is 42.9 Å². The molecule has 3 heteroatoms. The predicted molar refractivity (Wildman–Crippen MR) is 139 cm³/mol. The molecule has 3 nitrogen and oxygen atoms in total. The van der Waals surface area contributed by atoms with Gasteiger partial charge in [0.1, 0.15) is 5.75 Å². The van der Waals surface area contributed by atoms with E-state index in [2.05, 4.69) is 77.7 Å². The predicted octanol–water partition coefficient (Wildman–Crippen LogP) is 6.48. The summed E-state index contributed by atoms with van der Waals surface area (Å²) < 4.78 is 5.64. The molecule has 3 aromatic rings. The molecule has 4 fully saturated rings. The Labute approximate surface area is 203 Å². The van der Waals surface area contributed by atoms with Crippen LogP contribution in [-0.2, 0) is 6.54 Å². The Morgan fingerprint density at radius 1 is 0.824 bits per heavy atom. The lowest BCUT2D eigenvalue weighted by atomic mass is 9.65. The normalized spacial score (nSPS) is 28.9. The highest BCUT2D eigenvalue weighted by atomic mass is 16.5. The van der Waals surface area contributed by atoms with Gasteiger partial charge >= 0.3 is 0 Å². The van der Waals surface area contributed by atoms with Crippen LogP contribution in [0.5, 0.6) is 5.75 Å². The molecule has 4 bridgehead atoms. The molecule has 7 rings (SSSR count). The van der Waals surface area contributed by atoms with Gasteiger partial charge in [0.25, 0.3) is 0 Å². The number of aliphatic imine (C=N–C) groups is 1. The summed E-state index contributed by atoms with van der Waals surface area (Å²) >= 11 is 0. The molecular weight excluding hydrogens is 416 g/mol. The van der Waals surface area contributed by atoms with E-state index in [1.165, 1.54) is 54.5 Å². The summed E-state index contributed by atoms with van der Waals surface area (Å²) in [4.78, 5) is 8.32. The highest BCUT2D eigenvalue weighted by Crippen LogP contribution is 2.49. The van der Waals surface area contributed by atoms with Crippen LogP contribution in [0.25, 0.3) is 0 Å². The van der Waals surface area contributed by atoms with Crippen LogP contribution < -0.4 is 4.74 Å². The highest BCUT2D eigenvalue weighted by Gasteiger charge is 2.53. The van der Waals surface area contributed by atoms with Gasteiger partial charge in [0.15, 0.2) is 0 Å². The van der Waals surface area contributed by atoms with Crippen molar-refractivity contribution in [2.75, 3.05) is 7.11 Å². The Bertz CT molecular complexity index is 1090. The van der Waals surface area contributed by atoms with Gasteiger partial charge in [-0.15, -0.1) is 0 Å². The van der Waals surface area contributed by atoms with Crippen molar-refractivity contribution in [3.8, 4) is 5.75 Å². The molecule has 3 unspecified atom stereocenters. The average Bonchev–Trinajstić information content (AvgIpc) is 2.89. The van der Waals surface area contributed by atoms with Crippen molar-refractivity contribution in [1.29, 1.82) is 0 Å². The van der Waals surface area contributed by atoms with Gasteiger partial charge in [0, 0.05) is 35.2 Å². The lowest BCUT2D eigenvalue weighted by molar-refractivity contribution is -0.0185. The van der Waals surface area contributed by atoms with Crippen LogP contribution in [0.2, 0.25) is 0 Å². The standard InChI is InChI=1S/C31H34N2O/c1-34-28-18-9-8-15-24(28)21-32-30-25-19-26-16-10-17-27(20-25)33(26)31(30)29(22-11-4-2-5-12-22)23-13-6-3-7-14-23/h2-9,11-15,18,25-27,29,31H,10,16-17,19-21H2,1H3/t25?,26-,27+,31?. The third-order valence-corrected chi connectivity index (χ3v) is 8.33. The fourth-order valence-electron chi connectivity index (χ4n) is 6.96. The second kappa shape index (κ2) is 9.38. The Kier molecular flexibility index (Phi) is 5.97. The highest BCUT2D eigenvalue weighted by molar-refractivity contribution is 5.95. The maximum absolute atomic E-state index is 5.64. The van der Waals surface area contributed by atoms with Crippen LogP contribution in [0.1, 0.15) is 54.7 Å². The van der Waals surface area contributed by atoms with Crippen molar-refractivity contribution in [3.63, 3.8) is 0 Å². The van der Waals surface area contributed by atoms with E-state index in [4.69, 9.17) is 9.73 Å². The zero-order valence-electron chi connectivity index (χ0n) is 20.0. The second-order valence-corrected chi connectivity index (χ2v) is 10.2. The fourth-order valence-corrected chi connectivity index (χ4v) is 6.96. The van der Waals surface area contributed by atoms with Crippen LogP contribution in [0.4, 0.5) is 0 Å². The molecule has 0 spiro atoms. The maximum atomic E-state index is 5.64. The first kappa shape index (κ1) is 21.6. The summed E-state index contributed by atoms with van der Waals surface area (Å²) in [5.41, 5.74) is 5.38. The Balaban J connectivity index is 1.46. The van der Waals surface area contributed by atoms with Crippen molar-refractivity contribution in [2.45, 2.75) is 62.7 Å². The molecule has 4 aliphatic rings. The third kappa shape index (κ3) is 3.86. The van der Waals surface area contributed by atoms with Gasteiger partial charge in [-0.3, -0.25) is 9.89 Å². The lowest BCUT2D eigenvalue weighted by Gasteiger charge is -2.60. The molecule has 174 valence electrons. The lowest BCUT2D eigenvalue weighted by Crippen LogP contribution is -2.67. The first-order valence-electron chi connectivity index (χ1n) is 12.9. The Hall–Kier alpha value is -2.91. The van der Waals surface area contributed by atoms with Crippen molar-refractivity contribution in [3.05, 3.63) is 102 Å². The minimum atomic E-state index is 0.296. The molecule has 0 saturated carbocycles. The van der Waals surface area contributed by atoms with Crippen LogP contribution in [0.3, 0.4) is 0 Å². The SMILES string of the molecule is COc1ccccc1CN=C1C2C[C@H]3CCC[C@@H](C2)N3C1C(c1ccccc1)c1ccccc1. The van der Waals surface area contributed by atoms with Crippen molar-refractivity contribution in [1.82, 2.24) is 4.90 Å². The van der Waals surface area contributed by atoms with E-state index in [0.29, 0.717) is 36.5 Å². The Morgan fingerprint density at radius 3 is 2.03 bits per heavy atom. The van der Waals surface area contributed by atoms with E-state index >= 15 is 0 Å².